The molecular weight excluding hydrogens is 841 g/mol. The molecule has 63 heavy (non-hydrogen) atoms. The summed E-state index contributed by atoms with van der Waals surface area (Å²) < 4.78 is 38.9. The van der Waals surface area contributed by atoms with E-state index in [9.17, 15) is 9.18 Å². The molecule has 4 aliphatic heterocycles. The first-order valence-electron chi connectivity index (χ1n) is 21.6. The second-order valence-corrected chi connectivity index (χ2v) is 17.9. The fourth-order valence-corrected chi connectivity index (χ4v) is 9.99. The highest BCUT2D eigenvalue weighted by Crippen LogP contribution is 2.49. The number of nitrogens with zero attached hydrogens (tertiary/aromatic N) is 7. The topological polar surface area (TPSA) is 115 Å². The Kier molecular flexibility index (Phi) is 13.3. The Morgan fingerprint density at radius 2 is 1.79 bits per heavy atom. The van der Waals surface area contributed by atoms with Crippen LogP contribution in [0.2, 0.25) is 5.02 Å². The van der Waals surface area contributed by atoms with Crippen LogP contribution in [0.5, 0.6) is 11.6 Å². The van der Waals surface area contributed by atoms with Crippen LogP contribution < -0.4 is 9.47 Å². The van der Waals surface area contributed by atoms with E-state index in [2.05, 4.69) is 56.0 Å². The third-order valence-corrected chi connectivity index (χ3v) is 13.8. The smallest absolute Gasteiger partial charge is 0.347 e. The van der Waals surface area contributed by atoms with Crippen molar-refractivity contribution in [3.63, 3.8) is 0 Å². The van der Waals surface area contributed by atoms with Gasteiger partial charge in [-0.25, -0.2) is 29.1 Å². The number of ether oxygens (including phenoxy) is 4. The third-order valence-electron chi connectivity index (χ3n) is 12.2. The molecular formula is C48H51ClFN7O5S. The van der Waals surface area contributed by atoms with Gasteiger partial charge in [0.05, 0.1) is 24.3 Å². The van der Waals surface area contributed by atoms with Gasteiger partial charge in [0.15, 0.2) is 0 Å². The van der Waals surface area contributed by atoms with Gasteiger partial charge < -0.3 is 23.8 Å². The standard InChI is InChI=1S/C48H51ClFN7O5S/c1-4-60-48(58)40-24-35-23-31(5-12-39(35)61-28-37-13-15-51-45(54-37)34-14-22-59-27-34)25-57(21-20-56-18-16-55(3)17-19-56)26-33-8-11-38(30(2)43(33)49)41-42-46(62-40)52-29-53-47(42)63-44(41)32-6-9-36(50)10-7-32/h5-13,15,23,29,34,40H,4,14,16-22,24-28H2,1-3H3/t34-,40-/m1/s1. The zero-order chi connectivity index (χ0) is 43.5. The Morgan fingerprint density at radius 1 is 0.968 bits per heavy atom. The van der Waals surface area contributed by atoms with Crippen molar-refractivity contribution in [3.05, 3.63) is 118 Å². The first kappa shape index (κ1) is 43.2. The summed E-state index contributed by atoms with van der Waals surface area (Å²) in [4.78, 5) is 41.6. The fraction of sp³-hybridized carbons (Fsp3) is 0.396. The van der Waals surface area contributed by atoms with Gasteiger partial charge in [-0.15, -0.1) is 11.3 Å². The van der Waals surface area contributed by atoms with Crippen molar-refractivity contribution in [2.45, 2.75) is 58.4 Å². The van der Waals surface area contributed by atoms with Gasteiger partial charge in [0.2, 0.25) is 12.0 Å². The monoisotopic (exact) mass is 891 g/mol. The van der Waals surface area contributed by atoms with Crippen molar-refractivity contribution >= 4 is 39.1 Å². The number of benzene rings is 3. The number of esters is 1. The number of rotatable bonds is 10. The average Bonchev–Trinajstić information content (AvgIpc) is 3.97. The van der Waals surface area contributed by atoms with Gasteiger partial charge in [-0.1, -0.05) is 48.0 Å². The lowest BCUT2D eigenvalue weighted by Crippen LogP contribution is -2.46. The van der Waals surface area contributed by atoms with Crippen molar-refractivity contribution in [2.75, 3.05) is 66.1 Å². The van der Waals surface area contributed by atoms with E-state index in [-0.39, 0.29) is 37.2 Å². The van der Waals surface area contributed by atoms with E-state index >= 15 is 0 Å². The lowest BCUT2D eigenvalue weighted by molar-refractivity contribution is -0.151. The minimum atomic E-state index is -1.11. The molecule has 7 heterocycles. The number of carbonyl (C=O) groups excluding carboxylic acids is 1. The highest BCUT2D eigenvalue weighted by atomic mass is 35.5. The van der Waals surface area contributed by atoms with Gasteiger partial charge in [-0.05, 0) is 85.0 Å². The van der Waals surface area contributed by atoms with E-state index in [4.69, 9.17) is 40.5 Å². The Morgan fingerprint density at radius 3 is 2.59 bits per heavy atom. The van der Waals surface area contributed by atoms with E-state index in [1.807, 2.05) is 19.1 Å². The molecule has 0 N–H and O–H groups in total. The Balaban J connectivity index is 1.16. The van der Waals surface area contributed by atoms with E-state index in [0.717, 1.165) is 101 Å². The number of hydrogen-bond donors (Lipinski definition) is 0. The van der Waals surface area contributed by atoms with Crippen LogP contribution in [-0.4, -0.2) is 113 Å². The molecule has 0 unspecified atom stereocenters. The molecule has 15 heteroatoms. The van der Waals surface area contributed by atoms with Crippen LogP contribution in [0, 0.1) is 12.7 Å². The number of likely N-dealkylation sites (N-methyl/N-ethyl adjacent to an activating group) is 1. The maximum Gasteiger partial charge on any atom is 0.347 e. The quantitative estimate of drug-likeness (QED) is 0.124. The second kappa shape index (κ2) is 19.3. The summed E-state index contributed by atoms with van der Waals surface area (Å²) in [6.45, 7) is 12.5. The molecule has 328 valence electrons. The highest BCUT2D eigenvalue weighted by molar-refractivity contribution is 7.22. The number of carbonyl (C=O) groups is 1. The van der Waals surface area contributed by atoms with Crippen molar-refractivity contribution in [2.24, 2.45) is 0 Å². The number of hydrogen-bond acceptors (Lipinski definition) is 13. The SMILES string of the molecule is CCOC(=O)[C@H]1Cc2cc(ccc2OCc2ccnc([C@@H]3CCOC3)n2)CN(CCN2CCN(C)CC2)Cc2ccc(c(C)c2Cl)-c2c(-c3ccc(F)cc3)sc3ncnc(c23)O1. The van der Waals surface area contributed by atoms with Crippen LogP contribution in [-0.2, 0) is 40.4 Å². The molecule has 6 aromatic rings. The van der Waals surface area contributed by atoms with Crippen LogP contribution in [0.1, 0.15) is 53.0 Å². The number of aromatic nitrogens is 4. The molecule has 3 aromatic heterocycles. The van der Waals surface area contributed by atoms with Crippen molar-refractivity contribution in [3.8, 4) is 33.2 Å². The molecule has 4 aliphatic rings. The first-order valence-corrected chi connectivity index (χ1v) is 22.8. The molecule has 0 radical (unpaired) electrons. The number of halogens is 2. The molecule has 4 bridgehead atoms. The third kappa shape index (κ3) is 9.71. The fourth-order valence-electron chi connectivity index (χ4n) is 8.61. The van der Waals surface area contributed by atoms with E-state index in [1.165, 1.54) is 29.8 Å². The summed E-state index contributed by atoms with van der Waals surface area (Å²) in [5, 5.41) is 1.29. The van der Waals surface area contributed by atoms with Gasteiger partial charge in [-0.2, -0.15) is 0 Å². The van der Waals surface area contributed by atoms with Gasteiger partial charge in [-0.3, -0.25) is 9.80 Å². The lowest BCUT2D eigenvalue weighted by Gasteiger charge is -2.34. The summed E-state index contributed by atoms with van der Waals surface area (Å²) in [6, 6.07) is 18.6. The molecule has 12 nitrogen and oxygen atoms in total. The normalized spacial score (nSPS) is 18.7. The molecule has 10 rings (SSSR count). The Hall–Kier alpha value is -5.09. The minimum absolute atomic E-state index is 0.131. The van der Waals surface area contributed by atoms with E-state index in [1.54, 1.807) is 25.3 Å². The molecule has 3 aromatic carbocycles. The van der Waals surface area contributed by atoms with E-state index < -0.39 is 12.1 Å². The maximum absolute atomic E-state index is 14.3. The molecule has 0 amide bonds. The predicted octanol–water partition coefficient (Wildman–Crippen LogP) is 8.12. The first-order chi connectivity index (χ1) is 30.7. The average molecular weight is 892 g/mol. The molecule has 2 saturated heterocycles. The summed E-state index contributed by atoms with van der Waals surface area (Å²) in [5.41, 5.74) is 6.93. The summed E-state index contributed by atoms with van der Waals surface area (Å²) in [7, 11) is 2.17. The zero-order valence-electron chi connectivity index (χ0n) is 35.8. The maximum atomic E-state index is 14.3. The van der Waals surface area contributed by atoms with Crippen LogP contribution >= 0.6 is 22.9 Å². The van der Waals surface area contributed by atoms with Gasteiger partial charge in [0, 0.05) is 93.0 Å². The molecule has 0 saturated carbocycles. The number of thiophene rings is 1. The molecule has 0 spiro atoms. The van der Waals surface area contributed by atoms with Crippen molar-refractivity contribution in [1.29, 1.82) is 0 Å². The zero-order valence-corrected chi connectivity index (χ0v) is 37.4. The van der Waals surface area contributed by atoms with Crippen LogP contribution in [0.3, 0.4) is 0 Å². The number of piperazine rings is 1. The van der Waals surface area contributed by atoms with Crippen molar-refractivity contribution < 1.29 is 28.1 Å². The summed E-state index contributed by atoms with van der Waals surface area (Å²) in [5.74, 6) is 0.861. The molecule has 0 aliphatic carbocycles. The largest absolute Gasteiger partial charge is 0.487 e. The van der Waals surface area contributed by atoms with E-state index in [0.29, 0.717) is 47.3 Å². The molecule has 2 fully saturated rings. The number of fused-ring (bicyclic) bond motifs is 6. The van der Waals surface area contributed by atoms with Crippen LogP contribution in [0.4, 0.5) is 4.39 Å². The van der Waals surface area contributed by atoms with Crippen LogP contribution in [0.25, 0.3) is 31.8 Å². The van der Waals surface area contributed by atoms with Gasteiger partial charge in [0.25, 0.3) is 0 Å². The second-order valence-electron chi connectivity index (χ2n) is 16.5. The minimum Gasteiger partial charge on any atom is -0.487 e. The lowest BCUT2D eigenvalue weighted by atomic mass is 9.94. The summed E-state index contributed by atoms with van der Waals surface area (Å²) in [6.07, 6.45) is 3.11. The van der Waals surface area contributed by atoms with Gasteiger partial charge in [0.1, 0.15) is 35.2 Å². The predicted molar refractivity (Wildman–Crippen MR) is 242 cm³/mol. The van der Waals surface area contributed by atoms with Crippen LogP contribution in [0.15, 0.2) is 73.2 Å². The summed E-state index contributed by atoms with van der Waals surface area (Å²) >= 11 is 8.86. The van der Waals surface area contributed by atoms with Crippen molar-refractivity contribution in [1.82, 2.24) is 34.6 Å². The highest BCUT2D eigenvalue weighted by Gasteiger charge is 2.30. The Bertz CT molecular complexity index is 2580. The molecule has 2 atom stereocenters. The Labute approximate surface area is 376 Å². The van der Waals surface area contributed by atoms with Gasteiger partial charge >= 0.3 is 5.97 Å².